The van der Waals surface area contributed by atoms with E-state index in [0.29, 0.717) is 11.8 Å². The van der Waals surface area contributed by atoms with Crippen molar-refractivity contribution in [1.82, 2.24) is 4.90 Å². The summed E-state index contributed by atoms with van der Waals surface area (Å²) >= 11 is 0. The SMILES string of the molecule is C=CC(=O)N1C[C@@H]2CCC(O)[C@@H]2C1. The van der Waals surface area contributed by atoms with Gasteiger partial charge in [-0.25, -0.2) is 0 Å². The van der Waals surface area contributed by atoms with Gasteiger partial charge in [-0.05, 0) is 24.8 Å². The number of hydrogen-bond donors (Lipinski definition) is 1. The molecular weight excluding hydrogens is 166 g/mol. The summed E-state index contributed by atoms with van der Waals surface area (Å²) in [4.78, 5) is 13.1. The summed E-state index contributed by atoms with van der Waals surface area (Å²) in [7, 11) is 0. The summed E-state index contributed by atoms with van der Waals surface area (Å²) in [6.07, 6.45) is 3.14. The second kappa shape index (κ2) is 3.14. The minimum Gasteiger partial charge on any atom is -0.393 e. The first-order chi connectivity index (χ1) is 6.22. The summed E-state index contributed by atoms with van der Waals surface area (Å²) in [5, 5.41) is 9.61. The van der Waals surface area contributed by atoms with Crippen molar-refractivity contribution in [2.24, 2.45) is 11.8 Å². The average molecular weight is 181 g/mol. The molecule has 1 heterocycles. The van der Waals surface area contributed by atoms with E-state index in [1.165, 1.54) is 6.08 Å². The molecule has 1 N–H and O–H groups in total. The number of aliphatic hydroxyl groups excluding tert-OH is 1. The number of rotatable bonds is 1. The Morgan fingerprint density at radius 3 is 2.85 bits per heavy atom. The maximum Gasteiger partial charge on any atom is 0.245 e. The number of nitrogens with zero attached hydrogens (tertiary/aromatic N) is 1. The lowest BCUT2D eigenvalue weighted by Gasteiger charge is -2.16. The van der Waals surface area contributed by atoms with Gasteiger partial charge in [-0.1, -0.05) is 6.58 Å². The molecule has 0 aromatic rings. The third-order valence-electron chi connectivity index (χ3n) is 3.31. The van der Waals surface area contributed by atoms with Gasteiger partial charge in [0.25, 0.3) is 0 Å². The van der Waals surface area contributed by atoms with Crippen molar-refractivity contribution in [3.63, 3.8) is 0 Å². The second-order valence-electron chi connectivity index (χ2n) is 4.02. The monoisotopic (exact) mass is 181 g/mol. The van der Waals surface area contributed by atoms with E-state index in [1.54, 1.807) is 4.90 Å². The molecular formula is C10H15NO2. The maximum atomic E-state index is 11.3. The third-order valence-corrected chi connectivity index (χ3v) is 3.31. The maximum absolute atomic E-state index is 11.3. The molecule has 0 spiro atoms. The smallest absolute Gasteiger partial charge is 0.245 e. The highest BCUT2D eigenvalue weighted by Crippen LogP contribution is 2.37. The van der Waals surface area contributed by atoms with E-state index in [9.17, 15) is 9.90 Å². The van der Waals surface area contributed by atoms with Gasteiger partial charge < -0.3 is 10.0 Å². The van der Waals surface area contributed by atoms with Gasteiger partial charge in [0.2, 0.25) is 5.91 Å². The zero-order valence-electron chi connectivity index (χ0n) is 7.65. The van der Waals surface area contributed by atoms with Crippen molar-refractivity contribution < 1.29 is 9.90 Å². The molecule has 1 aliphatic heterocycles. The Labute approximate surface area is 78.0 Å². The zero-order chi connectivity index (χ0) is 9.42. The topological polar surface area (TPSA) is 40.5 Å². The average Bonchev–Trinajstić information content (AvgIpc) is 2.67. The van der Waals surface area contributed by atoms with Gasteiger partial charge in [0, 0.05) is 19.0 Å². The van der Waals surface area contributed by atoms with Crippen LogP contribution in [0.5, 0.6) is 0 Å². The first-order valence-corrected chi connectivity index (χ1v) is 4.81. The van der Waals surface area contributed by atoms with E-state index in [4.69, 9.17) is 0 Å². The fourth-order valence-corrected chi connectivity index (χ4v) is 2.55. The number of amides is 1. The molecule has 2 rings (SSSR count). The lowest BCUT2D eigenvalue weighted by atomic mass is 10.00. The van der Waals surface area contributed by atoms with Crippen LogP contribution in [0, 0.1) is 11.8 Å². The molecule has 3 heteroatoms. The van der Waals surface area contributed by atoms with E-state index in [-0.39, 0.29) is 12.0 Å². The highest BCUT2D eigenvalue weighted by atomic mass is 16.3. The van der Waals surface area contributed by atoms with Gasteiger partial charge in [0.1, 0.15) is 0 Å². The molecule has 1 aliphatic carbocycles. The summed E-state index contributed by atoms with van der Waals surface area (Å²) in [6.45, 7) is 5.00. The molecule has 0 aromatic carbocycles. The minimum absolute atomic E-state index is 0.00148. The molecule has 1 unspecified atom stereocenters. The van der Waals surface area contributed by atoms with Gasteiger partial charge >= 0.3 is 0 Å². The van der Waals surface area contributed by atoms with Crippen LogP contribution < -0.4 is 0 Å². The van der Waals surface area contributed by atoms with Gasteiger partial charge in [0.15, 0.2) is 0 Å². The van der Waals surface area contributed by atoms with E-state index in [2.05, 4.69) is 6.58 Å². The van der Waals surface area contributed by atoms with Gasteiger partial charge in [0.05, 0.1) is 6.10 Å². The first-order valence-electron chi connectivity index (χ1n) is 4.81. The largest absolute Gasteiger partial charge is 0.393 e. The Balaban J connectivity index is 2.02. The second-order valence-corrected chi connectivity index (χ2v) is 4.02. The molecule has 0 aromatic heterocycles. The summed E-state index contributed by atoms with van der Waals surface area (Å²) < 4.78 is 0. The molecule has 0 radical (unpaired) electrons. The number of fused-ring (bicyclic) bond motifs is 1. The predicted octanol–water partition coefficient (Wildman–Crippen LogP) is 0.402. The van der Waals surface area contributed by atoms with Gasteiger partial charge in [-0.2, -0.15) is 0 Å². The molecule has 2 fully saturated rings. The molecule has 2 aliphatic rings. The number of carbonyl (C=O) groups excluding carboxylic acids is 1. The van der Waals surface area contributed by atoms with Crippen LogP contribution in [0.1, 0.15) is 12.8 Å². The summed E-state index contributed by atoms with van der Waals surface area (Å²) in [6, 6.07) is 0. The van der Waals surface area contributed by atoms with Crippen molar-refractivity contribution in [1.29, 1.82) is 0 Å². The molecule has 1 saturated carbocycles. The summed E-state index contributed by atoms with van der Waals surface area (Å²) in [5.74, 6) is 0.851. The van der Waals surface area contributed by atoms with E-state index >= 15 is 0 Å². The first kappa shape index (κ1) is 8.75. The molecule has 3 atom stereocenters. The third kappa shape index (κ3) is 1.37. The number of likely N-dealkylation sites (tertiary alicyclic amines) is 1. The fraction of sp³-hybridized carbons (Fsp3) is 0.700. The van der Waals surface area contributed by atoms with Crippen molar-refractivity contribution in [2.75, 3.05) is 13.1 Å². The van der Waals surface area contributed by atoms with Crippen LogP contribution in [0.2, 0.25) is 0 Å². The number of aliphatic hydroxyl groups is 1. The van der Waals surface area contributed by atoms with Crippen LogP contribution in [-0.4, -0.2) is 35.1 Å². The minimum atomic E-state index is -0.187. The van der Waals surface area contributed by atoms with Crippen LogP contribution >= 0.6 is 0 Å². The molecule has 13 heavy (non-hydrogen) atoms. The standard InChI is InChI=1S/C10H15NO2/c1-2-10(13)11-5-7-3-4-9(12)8(7)6-11/h2,7-9,12H,1,3-6H2/t7-,8+,9?/m0/s1. The van der Waals surface area contributed by atoms with Crippen LogP contribution in [-0.2, 0) is 4.79 Å². The van der Waals surface area contributed by atoms with Crippen molar-refractivity contribution in [3.8, 4) is 0 Å². The Kier molecular flexibility index (Phi) is 2.12. The number of hydrogen-bond acceptors (Lipinski definition) is 2. The fourth-order valence-electron chi connectivity index (χ4n) is 2.55. The molecule has 0 bridgehead atoms. The Morgan fingerprint density at radius 1 is 1.46 bits per heavy atom. The lowest BCUT2D eigenvalue weighted by Crippen LogP contribution is -2.29. The summed E-state index contributed by atoms with van der Waals surface area (Å²) in [5.41, 5.74) is 0. The number of carbonyl (C=O) groups is 1. The zero-order valence-corrected chi connectivity index (χ0v) is 7.65. The van der Waals surface area contributed by atoms with Crippen molar-refractivity contribution in [3.05, 3.63) is 12.7 Å². The predicted molar refractivity (Wildman–Crippen MR) is 49.0 cm³/mol. The van der Waals surface area contributed by atoms with Crippen LogP contribution in [0.3, 0.4) is 0 Å². The van der Waals surface area contributed by atoms with Gasteiger partial charge in [-0.15, -0.1) is 0 Å². The highest BCUT2D eigenvalue weighted by Gasteiger charge is 2.42. The van der Waals surface area contributed by atoms with Crippen LogP contribution in [0.25, 0.3) is 0 Å². The van der Waals surface area contributed by atoms with Gasteiger partial charge in [-0.3, -0.25) is 4.79 Å². The Morgan fingerprint density at radius 2 is 2.23 bits per heavy atom. The molecule has 3 nitrogen and oxygen atoms in total. The van der Waals surface area contributed by atoms with E-state index in [0.717, 1.165) is 25.9 Å². The Bertz CT molecular complexity index is 239. The van der Waals surface area contributed by atoms with Crippen molar-refractivity contribution >= 4 is 5.91 Å². The van der Waals surface area contributed by atoms with E-state index in [1.807, 2.05) is 0 Å². The lowest BCUT2D eigenvalue weighted by molar-refractivity contribution is -0.125. The molecule has 1 amide bonds. The normalized spacial score (nSPS) is 37.6. The Hall–Kier alpha value is -0.830. The van der Waals surface area contributed by atoms with Crippen LogP contribution in [0.15, 0.2) is 12.7 Å². The molecule has 1 saturated heterocycles. The molecule has 72 valence electrons. The highest BCUT2D eigenvalue weighted by molar-refractivity contribution is 5.87. The van der Waals surface area contributed by atoms with Crippen LogP contribution in [0.4, 0.5) is 0 Å². The van der Waals surface area contributed by atoms with Crippen molar-refractivity contribution in [2.45, 2.75) is 18.9 Å². The van der Waals surface area contributed by atoms with E-state index < -0.39 is 0 Å². The quantitative estimate of drug-likeness (QED) is 0.595.